The normalized spacial score (nSPS) is 15.9. The van der Waals surface area contributed by atoms with Crippen LogP contribution < -0.4 is 9.47 Å². The molecule has 8 nitrogen and oxygen atoms in total. The highest BCUT2D eigenvalue weighted by Gasteiger charge is 2.34. The van der Waals surface area contributed by atoms with Crippen LogP contribution in [0.2, 0.25) is 30.1 Å². The van der Waals surface area contributed by atoms with Gasteiger partial charge in [-0.1, -0.05) is 96.3 Å². The van der Waals surface area contributed by atoms with Crippen LogP contribution in [0.5, 0.6) is 11.5 Å². The molecule has 2 aliphatic carbocycles. The van der Waals surface area contributed by atoms with E-state index in [1.807, 2.05) is 0 Å². The fraction of sp³-hybridized carbons (Fsp3) is 0.529. The Kier molecular flexibility index (Phi) is 13.6. The minimum absolute atomic E-state index is 0.0683. The maximum atomic E-state index is 13.1. The number of hydrogen-bond acceptors (Lipinski definition) is 8. The second-order valence-corrected chi connectivity index (χ2v) is 15.4. The smallest absolute Gasteiger partial charge is 0.423 e. The molecular weight excluding hydrogens is 749 g/mol. The number of carbonyl (C=O) groups is 4. The van der Waals surface area contributed by atoms with Gasteiger partial charge in [0.15, 0.2) is 11.5 Å². The molecule has 2 aromatic carbocycles. The van der Waals surface area contributed by atoms with Gasteiger partial charge in [-0.05, 0) is 87.2 Å². The first-order valence-electron chi connectivity index (χ1n) is 15.8. The van der Waals surface area contributed by atoms with Crippen molar-refractivity contribution in [3.63, 3.8) is 0 Å². The van der Waals surface area contributed by atoms with Gasteiger partial charge in [0, 0.05) is 0 Å². The lowest BCUT2D eigenvalue weighted by molar-refractivity contribution is -0.156. The van der Waals surface area contributed by atoms with E-state index < -0.39 is 46.5 Å². The Morgan fingerprint density at radius 2 is 0.938 bits per heavy atom. The summed E-state index contributed by atoms with van der Waals surface area (Å²) >= 11 is 37.4. The second-order valence-electron chi connectivity index (χ2n) is 13.0. The van der Waals surface area contributed by atoms with Crippen LogP contribution in [0.3, 0.4) is 0 Å². The molecule has 0 N–H and O–H groups in total. The quantitative estimate of drug-likeness (QED) is 0.0613. The maximum absolute atomic E-state index is 13.1. The third kappa shape index (κ3) is 9.64. The van der Waals surface area contributed by atoms with E-state index in [4.69, 9.17) is 88.6 Å². The molecular formula is C34H36Cl6O8. The summed E-state index contributed by atoms with van der Waals surface area (Å²) in [6, 6.07) is 2.26. The zero-order valence-electron chi connectivity index (χ0n) is 26.6. The Hall–Kier alpha value is -1.94. The summed E-state index contributed by atoms with van der Waals surface area (Å²) in [4.78, 5) is 52.1. The maximum Gasteiger partial charge on any atom is 0.423 e. The highest BCUT2D eigenvalue weighted by molar-refractivity contribution is 6.47. The number of rotatable bonds is 14. The zero-order chi connectivity index (χ0) is 35.2. The second kappa shape index (κ2) is 16.8. The Morgan fingerprint density at radius 3 is 1.25 bits per heavy atom. The molecule has 48 heavy (non-hydrogen) atoms. The highest BCUT2D eigenvalue weighted by Crippen LogP contribution is 2.46. The van der Waals surface area contributed by atoms with E-state index in [0.29, 0.717) is 23.7 Å². The van der Waals surface area contributed by atoms with Gasteiger partial charge in [0.05, 0.1) is 43.3 Å². The molecule has 0 radical (unpaired) electrons. The topological polar surface area (TPSA) is 105 Å². The fourth-order valence-corrected chi connectivity index (χ4v) is 7.27. The summed E-state index contributed by atoms with van der Waals surface area (Å²) < 4.78 is 21.1. The summed E-state index contributed by atoms with van der Waals surface area (Å²) in [5.41, 5.74) is -0.242. The first-order chi connectivity index (χ1) is 22.6. The van der Waals surface area contributed by atoms with Crippen LogP contribution in [-0.2, 0) is 19.1 Å². The largest absolute Gasteiger partial charge is 0.462 e. The number of hydrogen-bond donors (Lipinski definition) is 0. The van der Waals surface area contributed by atoms with Crippen LogP contribution >= 0.6 is 69.6 Å². The summed E-state index contributed by atoms with van der Waals surface area (Å²) in [6.07, 6.45) is 12.1. The molecule has 2 fully saturated rings. The molecule has 0 amide bonds. The number of unbranched alkanes of at least 4 members (excludes halogenated alkanes) is 2. The molecule has 0 spiro atoms. The molecule has 262 valence electrons. The van der Waals surface area contributed by atoms with Gasteiger partial charge in [-0.3, -0.25) is 0 Å². The van der Waals surface area contributed by atoms with Gasteiger partial charge < -0.3 is 18.9 Å². The van der Waals surface area contributed by atoms with E-state index in [1.54, 1.807) is 0 Å². The van der Waals surface area contributed by atoms with Gasteiger partial charge in [-0.25, -0.2) is 19.2 Å². The highest BCUT2D eigenvalue weighted by atomic mass is 35.5. The minimum Gasteiger partial charge on any atom is -0.462 e. The molecule has 14 heteroatoms. The van der Waals surface area contributed by atoms with Crippen LogP contribution in [0.15, 0.2) is 12.1 Å². The number of ether oxygens (including phenoxy) is 4. The van der Waals surface area contributed by atoms with Crippen LogP contribution in [0.4, 0.5) is 0 Å². The predicted molar refractivity (Wildman–Crippen MR) is 186 cm³/mol. The van der Waals surface area contributed by atoms with E-state index in [-0.39, 0.29) is 43.3 Å². The number of halogens is 6. The summed E-state index contributed by atoms with van der Waals surface area (Å²) in [5.74, 6) is -6.34. The molecule has 0 unspecified atom stereocenters. The van der Waals surface area contributed by atoms with Crippen molar-refractivity contribution in [2.24, 2.45) is 10.8 Å². The molecule has 2 aliphatic rings. The lowest BCUT2D eigenvalue weighted by Gasteiger charge is -2.38. The van der Waals surface area contributed by atoms with E-state index in [2.05, 4.69) is 13.8 Å². The number of esters is 4. The SMILES string of the molecule is CC1(CCCCOC(=O)c2c(Cl)c(Cl)cc(Cl)c2OC(=O)C(=O)Oc2c(Cl)cc(Cl)c(Cl)c2C(=O)OCCCCC2(C)CCC2)CCC1. The lowest BCUT2D eigenvalue weighted by Crippen LogP contribution is -2.27. The standard InChI is InChI=1S/C34H36Cl6O8/c1-33(11-7-12-33)9-3-5-15-45-29(41)23-25(39)19(35)17-21(37)27(23)47-31(43)32(44)48-28-22(38)18-20(36)26(40)24(28)30(42)46-16-6-4-10-34(2)13-8-14-34/h17-18H,3-16H2,1-2H3. The van der Waals surface area contributed by atoms with Gasteiger partial charge in [-0.15, -0.1) is 0 Å². The molecule has 2 aromatic rings. The Bertz CT molecular complexity index is 1450. The van der Waals surface area contributed by atoms with Crippen molar-refractivity contribution in [2.75, 3.05) is 13.2 Å². The van der Waals surface area contributed by atoms with Crippen LogP contribution in [0.25, 0.3) is 0 Å². The monoisotopic (exact) mass is 782 g/mol. The van der Waals surface area contributed by atoms with E-state index in [1.165, 1.54) is 38.5 Å². The van der Waals surface area contributed by atoms with Crippen molar-refractivity contribution < 1.29 is 38.1 Å². The average Bonchev–Trinajstić information content (AvgIpc) is 3.00. The van der Waals surface area contributed by atoms with Crippen LogP contribution in [0, 0.1) is 10.8 Å². The van der Waals surface area contributed by atoms with Crippen molar-refractivity contribution in [1.29, 1.82) is 0 Å². The van der Waals surface area contributed by atoms with Gasteiger partial charge in [-0.2, -0.15) is 0 Å². The van der Waals surface area contributed by atoms with E-state index in [9.17, 15) is 19.2 Å². The van der Waals surface area contributed by atoms with Crippen LogP contribution in [0.1, 0.15) is 112 Å². The van der Waals surface area contributed by atoms with Crippen molar-refractivity contribution in [1.82, 2.24) is 0 Å². The minimum atomic E-state index is -1.64. The molecule has 0 saturated heterocycles. The van der Waals surface area contributed by atoms with Crippen molar-refractivity contribution >= 4 is 93.5 Å². The Labute approximate surface area is 309 Å². The van der Waals surface area contributed by atoms with Gasteiger partial charge in [0.2, 0.25) is 0 Å². The van der Waals surface area contributed by atoms with E-state index >= 15 is 0 Å². The van der Waals surface area contributed by atoms with E-state index in [0.717, 1.165) is 37.8 Å². The zero-order valence-corrected chi connectivity index (χ0v) is 31.1. The molecule has 0 atom stereocenters. The van der Waals surface area contributed by atoms with Gasteiger partial charge in [0.25, 0.3) is 0 Å². The molecule has 0 aromatic heterocycles. The third-order valence-corrected chi connectivity index (χ3v) is 11.3. The summed E-state index contributed by atoms with van der Waals surface area (Å²) in [6.45, 7) is 4.61. The van der Waals surface area contributed by atoms with Crippen LogP contribution in [-0.4, -0.2) is 37.1 Å². The van der Waals surface area contributed by atoms with Gasteiger partial charge >= 0.3 is 23.9 Å². The van der Waals surface area contributed by atoms with Crippen molar-refractivity contribution in [2.45, 2.75) is 90.9 Å². The summed E-state index contributed by atoms with van der Waals surface area (Å²) in [5, 5.41) is -1.45. The number of benzene rings is 2. The summed E-state index contributed by atoms with van der Waals surface area (Å²) in [7, 11) is 0. The molecule has 2 saturated carbocycles. The fourth-order valence-electron chi connectivity index (χ4n) is 5.83. The third-order valence-electron chi connectivity index (χ3n) is 9.15. The van der Waals surface area contributed by atoms with Gasteiger partial charge in [0.1, 0.15) is 11.1 Å². The molecule has 0 aliphatic heterocycles. The Balaban J connectivity index is 1.42. The van der Waals surface area contributed by atoms with Crippen molar-refractivity contribution in [3.8, 4) is 11.5 Å². The predicted octanol–water partition coefficient (Wildman–Crippen LogP) is 11.2. The molecule has 0 bridgehead atoms. The first kappa shape index (κ1) is 38.9. The molecule has 4 rings (SSSR count). The first-order valence-corrected chi connectivity index (χ1v) is 18.0. The lowest BCUT2D eigenvalue weighted by atomic mass is 9.67. The van der Waals surface area contributed by atoms with Crippen molar-refractivity contribution in [3.05, 3.63) is 53.4 Å². The Morgan fingerprint density at radius 1 is 0.583 bits per heavy atom. The molecule has 0 heterocycles. The number of carbonyl (C=O) groups excluding carboxylic acids is 4. The average molecular weight is 785 g/mol.